The summed E-state index contributed by atoms with van der Waals surface area (Å²) in [6, 6.07) is 2.88. The largest absolute Gasteiger partial charge is 0.325 e. The molecule has 1 atom stereocenters. The third-order valence-electron chi connectivity index (χ3n) is 2.74. The Bertz CT molecular complexity index is 685. The number of sulfone groups is 1. The molecule has 0 fully saturated rings. The van der Waals surface area contributed by atoms with Crippen molar-refractivity contribution in [2.24, 2.45) is 5.92 Å². The molecule has 2 rings (SSSR count). The number of hydrogen-bond donors (Lipinski definition) is 1. The van der Waals surface area contributed by atoms with Gasteiger partial charge in [-0.3, -0.25) is 4.79 Å². The maximum absolute atomic E-state index is 11.9. The van der Waals surface area contributed by atoms with E-state index in [1.165, 1.54) is 18.2 Å². The Morgan fingerprint density at radius 3 is 2.45 bits per heavy atom. The summed E-state index contributed by atoms with van der Waals surface area (Å²) < 4.78 is 22.5. The second-order valence-corrected chi connectivity index (χ2v) is 7.57. The van der Waals surface area contributed by atoms with Gasteiger partial charge in [-0.05, 0) is 12.1 Å². The Balaban J connectivity index is 2.02. The third kappa shape index (κ3) is 3.88. The van der Waals surface area contributed by atoms with E-state index in [1.807, 2.05) is 0 Å². The normalized spacial score (nSPS) is 20.1. The zero-order chi connectivity index (χ0) is 14.9. The Morgan fingerprint density at radius 2 is 1.85 bits per heavy atom. The molecule has 0 radical (unpaired) electrons. The second kappa shape index (κ2) is 5.93. The van der Waals surface area contributed by atoms with Crippen molar-refractivity contribution in [2.75, 3.05) is 11.1 Å². The van der Waals surface area contributed by atoms with E-state index in [9.17, 15) is 13.2 Å². The lowest BCUT2D eigenvalue weighted by atomic mass is 10.1. The summed E-state index contributed by atoms with van der Waals surface area (Å²) >= 11 is 17.6. The number of allylic oxidation sites excluding steroid dienone is 1. The van der Waals surface area contributed by atoms with Crippen molar-refractivity contribution in [1.29, 1.82) is 0 Å². The summed E-state index contributed by atoms with van der Waals surface area (Å²) in [6.07, 6.45) is 1.58. The molecule has 20 heavy (non-hydrogen) atoms. The first-order chi connectivity index (χ1) is 9.27. The number of carbonyl (C=O) groups is 1. The average molecular weight is 355 g/mol. The number of rotatable bonds is 3. The van der Waals surface area contributed by atoms with Crippen molar-refractivity contribution in [2.45, 2.75) is 6.42 Å². The molecule has 1 aromatic carbocycles. The highest BCUT2D eigenvalue weighted by Crippen LogP contribution is 2.32. The second-order valence-electron chi connectivity index (χ2n) is 4.42. The van der Waals surface area contributed by atoms with E-state index >= 15 is 0 Å². The SMILES string of the molecule is O=C(CC1C=CS(=O)(=O)C1)Nc1cc(Cl)c(Cl)cc1Cl. The van der Waals surface area contributed by atoms with E-state index in [1.54, 1.807) is 0 Å². The topological polar surface area (TPSA) is 63.2 Å². The molecule has 1 aliphatic rings. The van der Waals surface area contributed by atoms with E-state index in [-0.39, 0.29) is 34.0 Å². The first kappa shape index (κ1) is 15.6. The number of carbonyl (C=O) groups excluding carboxylic acids is 1. The quantitative estimate of drug-likeness (QED) is 0.845. The summed E-state index contributed by atoms with van der Waals surface area (Å²) in [7, 11) is -3.16. The molecular weight excluding hydrogens is 345 g/mol. The molecule has 4 nitrogen and oxygen atoms in total. The number of amides is 1. The van der Waals surface area contributed by atoms with Crippen LogP contribution in [-0.4, -0.2) is 20.1 Å². The molecule has 1 aromatic rings. The van der Waals surface area contributed by atoms with E-state index < -0.39 is 9.84 Å². The van der Waals surface area contributed by atoms with Gasteiger partial charge < -0.3 is 5.32 Å². The van der Waals surface area contributed by atoms with Gasteiger partial charge in [0.05, 0.1) is 26.5 Å². The highest BCUT2D eigenvalue weighted by molar-refractivity contribution is 7.94. The van der Waals surface area contributed by atoms with Crippen molar-refractivity contribution >= 4 is 56.2 Å². The molecule has 0 aliphatic carbocycles. The van der Waals surface area contributed by atoms with Gasteiger partial charge >= 0.3 is 0 Å². The Kier molecular flexibility index (Phi) is 4.64. The molecule has 0 saturated carbocycles. The van der Waals surface area contributed by atoms with Crippen molar-refractivity contribution in [3.8, 4) is 0 Å². The summed E-state index contributed by atoms with van der Waals surface area (Å²) in [5, 5.41) is 4.56. The fourth-order valence-electron chi connectivity index (χ4n) is 1.83. The molecule has 8 heteroatoms. The number of benzene rings is 1. The number of anilines is 1. The maximum Gasteiger partial charge on any atom is 0.225 e. The molecule has 1 aliphatic heterocycles. The van der Waals surface area contributed by atoms with Gasteiger partial charge in [-0.15, -0.1) is 0 Å². The Hall–Kier alpha value is -0.750. The van der Waals surface area contributed by atoms with Crippen LogP contribution in [0, 0.1) is 5.92 Å². The fourth-order valence-corrected chi connectivity index (χ4v) is 3.82. The predicted molar refractivity (Wildman–Crippen MR) is 81.1 cm³/mol. The van der Waals surface area contributed by atoms with Crippen molar-refractivity contribution in [1.82, 2.24) is 0 Å². The van der Waals surface area contributed by atoms with Gasteiger partial charge in [0.15, 0.2) is 9.84 Å². The van der Waals surface area contributed by atoms with Crippen LogP contribution >= 0.6 is 34.8 Å². The van der Waals surface area contributed by atoms with Crippen molar-refractivity contribution in [3.05, 3.63) is 38.7 Å². The van der Waals surface area contributed by atoms with Crippen LogP contribution in [0.25, 0.3) is 0 Å². The number of hydrogen-bond acceptors (Lipinski definition) is 3. The molecule has 1 unspecified atom stereocenters. The van der Waals surface area contributed by atoms with Gasteiger partial charge in [0, 0.05) is 17.7 Å². The lowest BCUT2D eigenvalue weighted by Gasteiger charge is -2.10. The van der Waals surface area contributed by atoms with Crippen LogP contribution in [0.2, 0.25) is 15.1 Å². The molecule has 0 spiro atoms. The highest BCUT2D eigenvalue weighted by Gasteiger charge is 2.24. The Morgan fingerprint density at radius 1 is 1.20 bits per heavy atom. The van der Waals surface area contributed by atoms with Gasteiger partial charge in [-0.25, -0.2) is 8.42 Å². The minimum atomic E-state index is -3.16. The Labute approximate surface area is 131 Å². The predicted octanol–water partition coefficient (Wildman–Crippen LogP) is 3.53. The molecule has 1 N–H and O–H groups in total. The first-order valence-corrected chi connectivity index (χ1v) is 8.47. The molecule has 108 valence electrons. The first-order valence-electron chi connectivity index (χ1n) is 5.62. The van der Waals surface area contributed by atoms with Crippen LogP contribution < -0.4 is 5.32 Å². The molecule has 1 heterocycles. The zero-order valence-corrected chi connectivity index (χ0v) is 13.2. The monoisotopic (exact) mass is 353 g/mol. The standard InChI is InChI=1S/C12H10Cl3NO3S/c13-8-4-10(15)11(5-9(8)14)16-12(17)3-7-1-2-20(18,19)6-7/h1-2,4-5,7H,3,6H2,(H,16,17). The molecule has 0 aromatic heterocycles. The van der Waals surface area contributed by atoms with E-state index in [2.05, 4.69) is 5.32 Å². The molecule has 0 bridgehead atoms. The lowest BCUT2D eigenvalue weighted by molar-refractivity contribution is -0.116. The maximum atomic E-state index is 11.9. The van der Waals surface area contributed by atoms with Crippen LogP contribution in [0.4, 0.5) is 5.69 Å². The van der Waals surface area contributed by atoms with Crippen LogP contribution in [0.15, 0.2) is 23.6 Å². The van der Waals surface area contributed by atoms with Gasteiger partial charge in [0.25, 0.3) is 0 Å². The van der Waals surface area contributed by atoms with Crippen LogP contribution in [0.3, 0.4) is 0 Å². The minimum absolute atomic E-state index is 0.0461. The molecular formula is C12H10Cl3NO3S. The lowest BCUT2D eigenvalue weighted by Crippen LogP contribution is -2.17. The van der Waals surface area contributed by atoms with Crippen LogP contribution in [-0.2, 0) is 14.6 Å². The number of halogens is 3. The van der Waals surface area contributed by atoms with Gasteiger partial charge in [0.2, 0.25) is 5.91 Å². The van der Waals surface area contributed by atoms with Crippen molar-refractivity contribution < 1.29 is 13.2 Å². The average Bonchev–Trinajstić information content (AvgIpc) is 2.65. The molecule has 0 saturated heterocycles. The van der Waals surface area contributed by atoms with Crippen LogP contribution in [0.5, 0.6) is 0 Å². The summed E-state index contributed by atoms with van der Waals surface area (Å²) in [5.74, 6) is -0.700. The number of nitrogens with one attached hydrogen (secondary N) is 1. The molecule has 1 amide bonds. The summed E-state index contributed by atoms with van der Waals surface area (Å²) in [5.41, 5.74) is 0.343. The summed E-state index contributed by atoms with van der Waals surface area (Å²) in [4.78, 5) is 11.9. The van der Waals surface area contributed by atoms with Gasteiger partial charge in [-0.2, -0.15) is 0 Å². The van der Waals surface area contributed by atoms with Crippen LogP contribution in [0.1, 0.15) is 6.42 Å². The minimum Gasteiger partial charge on any atom is -0.325 e. The zero-order valence-electron chi connectivity index (χ0n) is 10.1. The van der Waals surface area contributed by atoms with Gasteiger partial charge in [-0.1, -0.05) is 40.9 Å². The fraction of sp³-hybridized carbons (Fsp3) is 0.250. The van der Waals surface area contributed by atoms with E-state index in [0.717, 1.165) is 5.41 Å². The highest BCUT2D eigenvalue weighted by atomic mass is 35.5. The summed E-state index contributed by atoms with van der Waals surface area (Å²) in [6.45, 7) is 0. The third-order valence-corrected chi connectivity index (χ3v) is 5.24. The van der Waals surface area contributed by atoms with Gasteiger partial charge in [0.1, 0.15) is 0 Å². The smallest absolute Gasteiger partial charge is 0.225 e. The van der Waals surface area contributed by atoms with Crippen molar-refractivity contribution in [3.63, 3.8) is 0 Å². The van der Waals surface area contributed by atoms with E-state index in [4.69, 9.17) is 34.8 Å². The van der Waals surface area contributed by atoms with E-state index in [0.29, 0.717) is 10.7 Å².